The van der Waals surface area contributed by atoms with Crippen molar-refractivity contribution in [2.75, 3.05) is 13.7 Å². The largest absolute Gasteiger partial charge is 0.381 e. The van der Waals surface area contributed by atoms with E-state index >= 15 is 0 Å². The Morgan fingerprint density at radius 3 is 2.69 bits per heavy atom. The van der Waals surface area contributed by atoms with E-state index in [4.69, 9.17) is 4.74 Å². The van der Waals surface area contributed by atoms with E-state index in [2.05, 4.69) is 10.6 Å². The minimum atomic E-state index is -0.533. The van der Waals surface area contributed by atoms with Crippen molar-refractivity contribution >= 4 is 11.8 Å². The first-order valence-electron chi connectivity index (χ1n) is 4.28. The Morgan fingerprint density at radius 2 is 2.15 bits per heavy atom. The number of carbonyl (C=O) groups is 2. The van der Waals surface area contributed by atoms with E-state index in [0.29, 0.717) is 12.8 Å². The molecule has 72 valence electrons. The average molecular weight is 184 g/mol. The van der Waals surface area contributed by atoms with Crippen LogP contribution < -0.4 is 10.6 Å². The summed E-state index contributed by atoms with van der Waals surface area (Å²) >= 11 is 0. The van der Waals surface area contributed by atoms with Crippen LogP contribution >= 0.6 is 0 Å². The first-order chi connectivity index (χ1) is 6.16. The first kappa shape index (κ1) is 8.65. The summed E-state index contributed by atoms with van der Waals surface area (Å²) in [4.78, 5) is 22.2. The van der Waals surface area contributed by atoms with Crippen LogP contribution in [0, 0.1) is 0 Å². The lowest BCUT2D eigenvalue weighted by Crippen LogP contribution is -2.71. The van der Waals surface area contributed by atoms with Gasteiger partial charge in [-0.25, -0.2) is 0 Å². The van der Waals surface area contributed by atoms with Gasteiger partial charge >= 0.3 is 0 Å². The molecule has 1 heterocycles. The molecular weight excluding hydrogens is 172 g/mol. The molecule has 1 saturated carbocycles. The lowest BCUT2D eigenvalue weighted by Gasteiger charge is -2.47. The predicted octanol–water partition coefficient (Wildman–Crippen LogP) is -1.22. The average Bonchev–Trinajstić information content (AvgIpc) is 2.01. The molecule has 0 aromatic heterocycles. The number of methoxy groups -OCH3 is 1. The Hall–Kier alpha value is -0.940. The molecular formula is C8H12N2O3. The fourth-order valence-electron chi connectivity index (χ4n) is 1.83. The van der Waals surface area contributed by atoms with Gasteiger partial charge < -0.3 is 4.74 Å². The zero-order valence-electron chi connectivity index (χ0n) is 7.42. The molecule has 1 aliphatic heterocycles. The van der Waals surface area contributed by atoms with E-state index < -0.39 is 5.54 Å². The number of ether oxygens (including phenoxy) is 1. The maximum absolute atomic E-state index is 11.4. The summed E-state index contributed by atoms with van der Waals surface area (Å²) in [6.45, 7) is 0.224. The summed E-state index contributed by atoms with van der Waals surface area (Å²) in [7, 11) is 1.63. The van der Waals surface area contributed by atoms with Crippen LogP contribution in [0.3, 0.4) is 0 Å². The van der Waals surface area contributed by atoms with Crippen LogP contribution in [0.2, 0.25) is 0 Å². The molecule has 1 aliphatic carbocycles. The number of piperazine rings is 1. The molecule has 0 bridgehead atoms. The highest BCUT2D eigenvalue weighted by Crippen LogP contribution is 2.35. The summed E-state index contributed by atoms with van der Waals surface area (Å²) in [5.74, 6) is -0.464. The molecule has 5 nitrogen and oxygen atoms in total. The maximum atomic E-state index is 11.4. The predicted molar refractivity (Wildman–Crippen MR) is 43.9 cm³/mol. The minimum absolute atomic E-state index is 0.145. The van der Waals surface area contributed by atoms with E-state index in [1.807, 2.05) is 0 Å². The third-order valence-corrected chi connectivity index (χ3v) is 2.76. The second-order valence-corrected chi connectivity index (χ2v) is 3.58. The van der Waals surface area contributed by atoms with Crippen molar-refractivity contribution in [1.82, 2.24) is 10.6 Å². The summed E-state index contributed by atoms with van der Waals surface area (Å²) < 4.78 is 5.08. The number of imide groups is 1. The Morgan fingerprint density at radius 1 is 1.46 bits per heavy atom. The van der Waals surface area contributed by atoms with Gasteiger partial charge in [0.15, 0.2) is 0 Å². The first-order valence-corrected chi connectivity index (χ1v) is 4.28. The van der Waals surface area contributed by atoms with Gasteiger partial charge in [-0.1, -0.05) is 0 Å². The highest BCUT2D eigenvalue weighted by Gasteiger charge is 2.52. The van der Waals surface area contributed by atoms with Crippen LogP contribution in [0.5, 0.6) is 0 Å². The number of amides is 2. The van der Waals surface area contributed by atoms with Crippen molar-refractivity contribution < 1.29 is 14.3 Å². The van der Waals surface area contributed by atoms with Crippen LogP contribution in [0.1, 0.15) is 12.8 Å². The van der Waals surface area contributed by atoms with E-state index in [1.54, 1.807) is 7.11 Å². The summed E-state index contributed by atoms with van der Waals surface area (Å²) in [5, 5.41) is 5.27. The van der Waals surface area contributed by atoms with Gasteiger partial charge in [-0.05, 0) is 0 Å². The van der Waals surface area contributed by atoms with E-state index in [-0.39, 0.29) is 24.5 Å². The third-order valence-electron chi connectivity index (χ3n) is 2.76. The van der Waals surface area contributed by atoms with Gasteiger partial charge in [-0.3, -0.25) is 20.2 Å². The summed E-state index contributed by atoms with van der Waals surface area (Å²) in [6.07, 6.45) is 1.46. The van der Waals surface area contributed by atoms with Gasteiger partial charge in [0.2, 0.25) is 11.8 Å². The second kappa shape index (κ2) is 2.78. The molecule has 1 saturated heterocycles. The van der Waals surface area contributed by atoms with Gasteiger partial charge in [0.25, 0.3) is 0 Å². The van der Waals surface area contributed by atoms with Crippen LogP contribution in [0.4, 0.5) is 0 Å². The second-order valence-electron chi connectivity index (χ2n) is 3.58. The lowest BCUT2D eigenvalue weighted by molar-refractivity contribution is -0.147. The van der Waals surface area contributed by atoms with Crippen LogP contribution in [-0.2, 0) is 14.3 Å². The number of hydrogen-bond donors (Lipinski definition) is 2. The van der Waals surface area contributed by atoms with Gasteiger partial charge in [0, 0.05) is 20.0 Å². The molecule has 0 aromatic rings. The van der Waals surface area contributed by atoms with Crippen molar-refractivity contribution in [3.8, 4) is 0 Å². The molecule has 2 amide bonds. The van der Waals surface area contributed by atoms with Crippen molar-refractivity contribution in [2.45, 2.75) is 24.5 Å². The highest BCUT2D eigenvalue weighted by molar-refractivity contribution is 6.04. The number of rotatable bonds is 1. The van der Waals surface area contributed by atoms with Crippen LogP contribution in [0.15, 0.2) is 0 Å². The maximum Gasteiger partial charge on any atom is 0.247 e. The van der Waals surface area contributed by atoms with E-state index in [9.17, 15) is 9.59 Å². The quantitative estimate of drug-likeness (QED) is 0.501. The zero-order valence-corrected chi connectivity index (χ0v) is 7.42. The van der Waals surface area contributed by atoms with Gasteiger partial charge in [0.05, 0.1) is 12.6 Å². The molecule has 0 aromatic carbocycles. The molecule has 0 atom stereocenters. The van der Waals surface area contributed by atoms with Crippen LogP contribution in [0.25, 0.3) is 0 Å². The molecule has 2 fully saturated rings. The topological polar surface area (TPSA) is 67.4 Å². The standard InChI is InChI=1S/C8H12N2O3/c1-13-5-2-8(3-5)7(12)10-6(11)4-9-8/h5,9H,2-4H2,1H3,(H,10,11,12). The molecule has 1 spiro atoms. The van der Waals surface area contributed by atoms with Gasteiger partial charge in [-0.2, -0.15) is 0 Å². The van der Waals surface area contributed by atoms with E-state index in [1.165, 1.54) is 0 Å². The minimum Gasteiger partial charge on any atom is -0.381 e. The summed E-state index contributed by atoms with van der Waals surface area (Å²) in [6, 6.07) is 0. The fourth-order valence-corrected chi connectivity index (χ4v) is 1.83. The van der Waals surface area contributed by atoms with Crippen molar-refractivity contribution in [1.29, 1.82) is 0 Å². The molecule has 0 radical (unpaired) electrons. The molecule has 2 N–H and O–H groups in total. The van der Waals surface area contributed by atoms with Crippen molar-refractivity contribution in [3.63, 3.8) is 0 Å². The Balaban J connectivity index is 2.01. The third kappa shape index (κ3) is 1.24. The van der Waals surface area contributed by atoms with Crippen molar-refractivity contribution in [3.05, 3.63) is 0 Å². The monoisotopic (exact) mass is 184 g/mol. The zero-order chi connectivity index (χ0) is 9.47. The van der Waals surface area contributed by atoms with E-state index in [0.717, 1.165) is 0 Å². The number of carbonyl (C=O) groups excluding carboxylic acids is 2. The molecule has 2 rings (SSSR count). The smallest absolute Gasteiger partial charge is 0.247 e. The molecule has 2 aliphatic rings. The normalized spacial score (nSPS) is 38.7. The number of nitrogens with one attached hydrogen (secondary N) is 2. The number of hydrogen-bond acceptors (Lipinski definition) is 4. The summed E-state index contributed by atoms with van der Waals surface area (Å²) in [5.41, 5.74) is -0.533. The Bertz CT molecular complexity index is 258. The van der Waals surface area contributed by atoms with Crippen molar-refractivity contribution in [2.24, 2.45) is 0 Å². The van der Waals surface area contributed by atoms with Gasteiger partial charge in [-0.15, -0.1) is 0 Å². The van der Waals surface area contributed by atoms with Crippen LogP contribution in [-0.4, -0.2) is 37.1 Å². The molecule has 5 heteroatoms. The Labute approximate surface area is 75.8 Å². The SMILES string of the molecule is COC1CC2(C1)NCC(=O)NC2=O. The molecule has 13 heavy (non-hydrogen) atoms. The van der Waals surface area contributed by atoms with Gasteiger partial charge in [0.1, 0.15) is 5.54 Å². The lowest BCUT2D eigenvalue weighted by atomic mass is 9.72. The highest BCUT2D eigenvalue weighted by atomic mass is 16.5. The fraction of sp³-hybridized carbons (Fsp3) is 0.750. The Kier molecular flexibility index (Phi) is 1.85. The molecule has 0 unspecified atom stereocenters.